The van der Waals surface area contributed by atoms with Crippen LogP contribution >= 0.6 is 0 Å². The molecule has 0 saturated heterocycles. The van der Waals surface area contributed by atoms with Gasteiger partial charge < -0.3 is 14.6 Å². The second kappa shape index (κ2) is 6.59. The minimum atomic E-state index is -0.890. The Labute approximate surface area is 176 Å². The van der Waals surface area contributed by atoms with Crippen molar-refractivity contribution in [2.24, 2.45) is 0 Å². The van der Waals surface area contributed by atoms with Gasteiger partial charge in [-0.15, -0.1) is 0 Å². The lowest BCUT2D eigenvalue weighted by Gasteiger charge is -2.39. The second-order valence-electron chi connectivity index (χ2n) is 9.67. The molecule has 0 unspecified atom stereocenters. The number of carbonyl (C=O) groups is 2. The average Bonchev–Trinajstić information content (AvgIpc) is 3.59. The molecule has 1 heterocycles. The summed E-state index contributed by atoms with van der Waals surface area (Å²) in [4.78, 5) is 23.8. The van der Waals surface area contributed by atoms with E-state index in [4.69, 9.17) is 14.6 Å². The number of fused-ring (bicyclic) bond motifs is 1. The highest BCUT2D eigenvalue weighted by Crippen LogP contribution is 2.58. The van der Waals surface area contributed by atoms with Crippen LogP contribution in [0.1, 0.15) is 78.9 Å². The maximum Gasteiger partial charge on any atom is 0.343 e. The number of benzene rings is 2. The molecule has 2 aliphatic carbocycles. The van der Waals surface area contributed by atoms with Gasteiger partial charge in [0, 0.05) is 5.56 Å². The topological polar surface area (TPSA) is 72.8 Å². The van der Waals surface area contributed by atoms with Gasteiger partial charge in [0.15, 0.2) is 0 Å². The van der Waals surface area contributed by atoms with Gasteiger partial charge in [-0.2, -0.15) is 0 Å². The summed E-state index contributed by atoms with van der Waals surface area (Å²) in [6.45, 7) is 4.47. The molecule has 1 N–H and O–H groups in total. The van der Waals surface area contributed by atoms with E-state index in [0.29, 0.717) is 22.8 Å². The molecule has 2 saturated carbocycles. The van der Waals surface area contributed by atoms with Crippen molar-refractivity contribution in [1.29, 1.82) is 0 Å². The molecule has 5 nitrogen and oxygen atoms in total. The van der Waals surface area contributed by atoms with Crippen LogP contribution in [0.15, 0.2) is 36.4 Å². The zero-order valence-corrected chi connectivity index (χ0v) is 17.4. The van der Waals surface area contributed by atoms with Gasteiger partial charge in [-0.1, -0.05) is 26.0 Å². The standard InChI is InChI=1S/C25H26O5/c1-24(2)14-25(9-10-25)30-22-19(16-5-6-16)12-17(13-20(22)24)23(28)29-18-7-3-15(4-8-18)11-21(26)27/h3-4,7-8,12-13,16H,5-6,9-11,14H2,1-2H3,(H,26,27). The van der Waals surface area contributed by atoms with Gasteiger partial charge >= 0.3 is 11.9 Å². The molecule has 0 bridgehead atoms. The van der Waals surface area contributed by atoms with E-state index in [1.807, 2.05) is 12.1 Å². The van der Waals surface area contributed by atoms with Gasteiger partial charge in [-0.3, -0.25) is 4.79 Å². The zero-order chi connectivity index (χ0) is 21.1. The van der Waals surface area contributed by atoms with E-state index in [2.05, 4.69) is 13.8 Å². The molecule has 1 spiro atoms. The minimum absolute atomic E-state index is 0.000135. The Balaban J connectivity index is 1.44. The number of carbonyl (C=O) groups excluding carboxylic acids is 1. The van der Waals surface area contributed by atoms with Crippen LogP contribution < -0.4 is 9.47 Å². The van der Waals surface area contributed by atoms with Crippen molar-refractivity contribution in [1.82, 2.24) is 0 Å². The summed E-state index contributed by atoms with van der Waals surface area (Å²) >= 11 is 0. The highest BCUT2D eigenvalue weighted by Gasteiger charge is 2.54. The Morgan fingerprint density at radius 1 is 1.13 bits per heavy atom. The molecular formula is C25H26O5. The first-order chi connectivity index (χ1) is 14.2. The molecule has 2 aromatic carbocycles. The maximum absolute atomic E-state index is 13.0. The van der Waals surface area contributed by atoms with Crippen LogP contribution in [0.2, 0.25) is 0 Å². The van der Waals surface area contributed by atoms with E-state index in [9.17, 15) is 9.59 Å². The number of esters is 1. The third-order valence-corrected chi connectivity index (χ3v) is 6.48. The number of hydrogen-bond donors (Lipinski definition) is 1. The quantitative estimate of drug-likeness (QED) is 0.559. The summed E-state index contributed by atoms with van der Waals surface area (Å²) in [5.74, 6) is 0.590. The van der Waals surface area contributed by atoms with Gasteiger partial charge in [0.05, 0.1) is 12.0 Å². The molecule has 156 valence electrons. The normalized spacial score (nSPS) is 20.2. The third-order valence-electron chi connectivity index (χ3n) is 6.48. The SMILES string of the molecule is CC1(C)CC2(CC2)Oc2c(C3CC3)cc(C(=O)Oc3ccc(CC(=O)O)cc3)cc21. The Morgan fingerprint density at radius 3 is 2.43 bits per heavy atom. The fraction of sp³-hybridized carbons (Fsp3) is 0.440. The number of carboxylic acids is 1. The predicted octanol–water partition coefficient (Wildman–Crippen LogP) is 5.00. The predicted molar refractivity (Wildman–Crippen MR) is 111 cm³/mol. The minimum Gasteiger partial charge on any atom is -0.487 e. The van der Waals surface area contributed by atoms with Crippen molar-refractivity contribution in [3.8, 4) is 11.5 Å². The monoisotopic (exact) mass is 406 g/mol. The van der Waals surface area contributed by atoms with E-state index in [0.717, 1.165) is 49.0 Å². The average molecular weight is 406 g/mol. The Morgan fingerprint density at radius 2 is 1.83 bits per heavy atom. The fourth-order valence-corrected chi connectivity index (χ4v) is 4.67. The third kappa shape index (κ3) is 3.57. The molecule has 0 radical (unpaired) electrons. The number of hydrogen-bond acceptors (Lipinski definition) is 4. The van der Waals surface area contributed by atoms with Crippen molar-refractivity contribution in [2.45, 2.75) is 69.3 Å². The molecule has 0 atom stereocenters. The Hall–Kier alpha value is -2.82. The van der Waals surface area contributed by atoms with Crippen LogP contribution in [0.5, 0.6) is 11.5 Å². The van der Waals surface area contributed by atoms with Gasteiger partial charge in [0.2, 0.25) is 0 Å². The van der Waals surface area contributed by atoms with Crippen molar-refractivity contribution < 1.29 is 24.2 Å². The molecule has 1 aliphatic heterocycles. The van der Waals surface area contributed by atoms with Crippen molar-refractivity contribution in [2.75, 3.05) is 0 Å². The molecule has 5 rings (SSSR count). The van der Waals surface area contributed by atoms with E-state index in [1.54, 1.807) is 24.3 Å². The number of carboxylic acid groups (broad SMARTS) is 1. The van der Waals surface area contributed by atoms with Crippen LogP contribution in [0, 0.1) is 0 Å². The number of rotatable bonds is 5. The van der Waals surface area contributed by atoms with E-state index in [1.165, 1.54) is 0 Å². The van der Waals surface area contributed by atoms with E-state index < -0.39 is 11.9 Å². The summed E-state index contributed by atoms with van der Waals surface area (Å²) < 4.78 is 12.1. The summed E-state index contributed by atoms with van der Waals surface area (Å²) in [7, 11) is 0. The molecular weight excluding hydrogens is 380 g/mol. The summed E-state index contributed by atoms with van der Waals surface area (Å²) in [5.41, 5.74) is 3.42. The molecule has 0 amide bonds. The molecule has 2 fully saturated rings. The Kier molecular flexibility index (Phi) is 4.21. The Bertz CT molecular complexity index is 1030. The van der Waals surface area contributed by atoms with Crippen LogP contribution in [0.3, 0.4) is 0 Å². The largest absolute Gasteiger partial charge is 0.487 e. The first-order valence-electron chi connectivity index (χ1n) is 10.7. The van der Waals surface area contributed by atoms with Crippen molar-refractivity contribution in [3.63, 3.8) is 0 Å². The van der Waals surface area contributed by atoms with Crippen LogP contribution in [-0.2, 0) is 16.6 Å². The van der Waals surface area contributed by atoms with Gasteiger partial charge in [-0.25, -0.2) is 4.79 Å². The number of aliphatic carboxylic acids is 1. The van der Waals surface area contributed by atoms with Crippen LogP contribution in [0.25, 0.3) is 0 Å². The lowest BCUT2D eigenvalue weighted by atomic mass is 9.75. The van der Waals surface area contributed by atoms with Gasteiger partial charge in [-0.05, 0) is 78.8 Å². The van der Waals surface area contributed by atoms with Crippen LogP contribution in [-0.4, -0.2) is 22.6 Å². The fourth-order valence-electron chi connectivity index (χ4n) is 4.67. The molecule has 2 aromatic rings. The highest BCUT2D eigenvalue weighted by atomic mass is 16.5. The first-order valence-corrected chi connectivity index (χ1v) is 10.7. The molecule has 30 heavy (non-hydrogen) atoms. The zero-order valence-electron chi connectivity index (χ0n) is 17.4. The molecule has 5 heteroatoms. The lowest BCUT2D eigenvalue weighted by molar-refractivity contribution is -0.136. The van der Waals surface area contributed by atoms with Crippen molar-refractivity contribution in [3.05, 3.63) is 58.7 Å². The van der Waals surface area contributed by atoms with Crippen molar-refractivity contribution >= 4 is 11.9 Å². The van der Waals surface area contributed by atoms with Crippen LogP contribution in [0.4, 0.5) is 0 Å². The molecule has 0 aromatic heterocycles. The summed E-state index contributed by atoms with van der Waals surface area (Å²) in [5, 5.41) is 8.89. The lowest BCUT2D eigenvalue weighted by Crippen LogP contribution is -2.36. The summed E-state index contributed by atoms with van der Waals surface area (Å²) in [6, 6.07) is 10.5. The molecule has 3 aliphatic rings. The smallest absolute Gasteiger partial charge is 0.343 e. The van der Waals surface area contributed by atoms with E-state index >= 15 is 0 Å². The van der Waals surface area contributed by atoms with Gasteiger partial charge in [0.1, 0.15) is 17.1 Å². The van der Waals surface area contributed by atoms with Gasteiger partial charge in [0.25, 0.3) is 0 Å². The summed E-state index contributed by atoms with van der Waals surface area (Å²) in [6.07, 6.45) is 5.41. The number of ether oxygens (including phenoxy) is 2. The first kappa shape index (κ1) is 19.2. The van der Waals surface area contributed by atoms with E-state index in [-0.39, 0.29) is 17.4 Å². The second-order valence-corrected chi connectivity index (χ2v) is 9.67. The highest BCUT2D eigenvalue weighted by molar-refractivity contribution is 5.92. The maximum atomic E-state index is 13.0.